The average Bonchev–Trinajstić information content (AvgIpc) is 2.86. The number of methoxy groups -OCH3 is 1. The van der Waals surface area contributed by atoms with Crippen LogP contribution in [0.1, 0.15) is 5.82 Å². The number of rotatable bonds is 4. The number of imidazole rings is 1. The molecule has 3 aromatic rings. The lowest BCUT2D eigenvalue weighted by Gasteiger charge is -2.08. The zero-order chi connectivity index (χ0) is 14.8. The van der Waals surface area contributed by atoms with E-state index in [-0.39, 0.29) is 0 Å². The lowest BCUT2D eigenvalue weighted by atomic mass is 10.3. The van der Waals surface area contributed by atoms with Crippen molar-refractivity contribution < 1.29 is 4.74 Å². The Labute approximate surface area is 131 Å². The smallest absolute Gasteiger partial charge is 0.245 e. The van der Waals surface area contributed by atoms with Crippen molar-refractivity contribution >= 4 is 34.4 Å². The summed E-state index contributed by atoms with van der Waals surface area (Å²) in [6.07, 6.45) is 2.07. The second-order valence-electron chi connectivity index (χ2n) is 4.33. The van der Waals surface area contributed by atoms with Gasteiger partial charge in [0.25, 0.3) is 0 Å². The zero-order valence-corrected chi connectivity index (χ0v) is 12.8. The molecule has 2 aromatic heterocycles. The molecule has 1 aromatic carbocycles. The standard InChI is InChI=1S/C14H12Cl2N4O/c1-21-14-12-13(17-8-18-14)20(11(19-12)6-7-15)10-4-2-9(16)3-5-10/h2-5,8H,6-7H2,1H3. The minimum atomic E-state index is 0.448. The number of hydrogen-bond donors (Lipinski definition) is 0. The molecule has 108 valence electrons. The van der Waals surface area contributed by atoms with Crippen molar-refractivity contribution in [2.24, 2.45) is 0 Å². The molecule has 0 aliphatic carbocycles. The summed E-state index contributed by atoms with van der Waals surface area (Å²) in [6.45, 7) is 0. The highest BCUT2D eigenvalue weighted by Gasteiger charge is 2.17. The van der Waals surface area contributed by atoms with Gasteiger partial charge in [0.05, 0.1) is 7.11 Å². The van der Waals surface area contributed by atoms with Gasteiger partial charge in [0.1, 0.15) is 12.2 Å². The van der Waals surface area contributed by atoms with E-state index >= 15 is 0 Å². The molecule has 3 rings (SSSR count). The molecule has 0 spiro atoms. The SMILES string of the molecule is COc1ncnc2c1nc(CCCl)n2-c1ccc(Cl)cc1. The number of benzene rings is 1. The summed E-state index contributed by atoms with van der Waals surface area (Å²) < 4.78 is 7.19. The van der Waals surface area contributed by atoms with Gasteiger partial charge in [0.2, 0.25) is 5.88 Å². The highest BCUT2D eigenvalue weighted by Crippen LogP contribution is 2.26. The van der Waals surface area contributed by atoms with Gasteiger partial charge in [-0.2, -0.15) is 4.98 Å². The van der Waals surface area contributed by atoms with Crippen molar-refractivity contribution in [3.8, 4) is 11.6 Å². The average molecular weight is 323 g/mol. The number of aryl methyl sites for hydroxylation is 1. The third kappa shape index (κ3) is 2.54. The first-order chi connectivity index (χ1) is 10.2. The van der Waals surface area contributed by atoms with Gasteiger partial charge >= 0.3 is 0 Å². The molecule has 2 heterocycles. The largest absolute Gasteiger partial charge is 0.479 e. The number of alkyl halides is 1. The molecule has 0 bridgehead atoms. The normalized spacial score (nSPS) is 11.0. The van der Waals surface area contributed by atoms with E-state index in [1.165, 1.54) is 6.33 Å². The van der Waals surface area contributed by atoms with Crippen LogP contribution in [-0.4, -0.2) is 32.5 Å². The van der Waals surface area contributed by atoms with Crippen LogP contribution in [0, 0.1) is 0 Å². The molecule has 0 unspecified atom stereocenters. The van der Waals surface area contributed by atoms with E-state index < -0.39 is 0 Å². The Balaban J connectivity index is 2.28. The Kier molecular flexibility index (Phi) is 3.94. The maximum absolute atomic E-state index is 5.95. The van der Waals surface area contributed by atoms with Crippen molar-refractivity contribution in [2.75, 3.05) is 13.0 Å². The first-order valence-corrected chi connectivity index (χ1v) is 7.24. The first kappa shape index (κ1) is 14.1. The van der Waals surface area contributed by atoms with Crippen molar-refractivity contribution in [1.29, 1.82) is 0 Å². The van der Waals surface area contributed by atoms with Crippen LogP contribution < -0.4 is 4.74 Å². The van der Waals surface area contributed by atoms with Crippen LogP contribution in [0.15, 0.2) is 30.6 Å². The minimum Gasteiger partial charge on any atom is -0.479 e. The summed E-state index contributed by atoms with van der Waals surface area (Å²) in [4.78, 5) is 13.0. The van der Waals surface area contributed by atoms with E-state index in [1.807, 2.05) is 28.8 Å². The highest BCUT2D eigenvalue weighted by atomic mass is 35.5. The van der Waals surface area contributed by atoms with Crippen LogP contribution >= 0.6 is 23.2 Å². The molecule has 0 aliphatic heterocycles. The molecule has 0 saturated heterocycles. The molecule has 21 heavy (non-hydrogen) atoms. The molecular formula is C14H12Cl2N4O. The topological polar surface area (TPSA) is 52.8 Å². The third-order valence-corrected chi connectivity index (χ3v) is 3.52. The van der Waals surface area contributed by atoms with Gasteiger partial charge in [0.15, 0.2) is 11.2 Å². The van der Waals surface area contributed by atoms with Crippen LogP contribution in [0.3, 0.4) is 0 Å². The summed E-state index contributed by atoms with van der Waals surface area (Å²) in [5, 5.41) is 0.675. The number of halogens is 2. The quantitative estimate of drug-likeness (QED) is 0.692. The molecule has 0 N–H and O–H groups in total. The number of hydrogen-bond acceptors (Lipinski definition) is 4. The van der Waals surface area contributed by atoms with Gasteiger partial charge in [-0.3, -0.25) is 4.57 Å². The lowest BCUT2D eigenvalue weighted by Crippen LogP contribution is -2.02. The van der Waals surface area contributed by atoms with Crippen molar-refractivity contribution in [1.82, 2.24) is 19.5 Å². The fourth-order valence-electron chi connectivity index (χ4n) is 2.18. The van der Waals surface area contributed by atoms with Gasteiger partial charge < -0.3 is 4.74 Å². The maximum atomic E-state index is 5.95. The van der Waals surface area contributed by atoms with E-state index in [0.717, 1.165) is 11.5 Å². The molecule has 0 aliphatic rings. The first-order valence-electron chi connectivity index (χ1n) is 6.33. The second kappa shape index (κ2) is 5.87. The van der Waals surface area contributed by atoms with Gasteiger partial charge in [-0.25, -0.2) is 9.97 Å². The zero-order valence-electron chi connectivity index (χ0n) is 11.3. The number of aromatic nitrogens is 4. The second-order valence-corrected chi connectivity index (χ2v) is 5.15. The molecule has 0 amide bonds. The fourth-order valence-corrected chi connectivity index (χ4v) is 2.47. The summed E-state index contributed by atoms with van der Waals surface area (Å²) in [5.41, 5.74) is 2.22. The van der Waals surface area contributed by atoms with Crippen LogP contribution in [0.2, 0.25) is 5.02 Å². The Bertz CT molecular complexity index is 770. The van der Waals surface area contributed by atoms with Crippen LogP contribution in [0.25, 0.3) is 16.9 Å². The maximum Gasteiger partial charge on any atom is 0.245 e. The number of fused-ring (bicyclic) bond motifs is 1. The molecule has 7 heteroatoms. The summed E-state index contributed by atoms with van der Waals surface area (Å²) in [6, 6.07) is 7.47. The van der Waals surface area contributed by atoms with Crippen LogP contribution in [-0.2, 0) is 6.42 Å². The third-order valence-electron chi connectivity index (χ3n) is 3.08. The van der Waals surface area contributed by atoms with Crippen molar-refractivity contribution in [2.45, 2.75) is 6.42 Å². The van der Waals surface area contributed by atoms with E-state index in [4.69, 9.17) is 27.9 Å². The van der Waals surface area contributed by atoms with Crippen molar-refractivity contribution in [3.05, 3.63) is 41.4 Å². The molecular weight excluding hydrogens is 311 g/mol. The van der Waals surface area contributed by atoms with Gasteiger partial charge in [-0.05, 0) is 24.3 Å². The highest BCUT2D eigenvalue weighted by molar-refractivity contribution is 6.30. The monoisotopic (exact) mass is 322 g/mol. The van der Waals surface area contributed by atoms with Gasteiger partial charge in [-0.15, -0.1) is 11.6 Å². The summed E-state index contributed by atoms with van der Waals surface area (Å²) in [7, 11) is 1.56. The molecule has 5 nitrogen and oxygen atoms in total. The molecule has 0 atom stereocenters. The van der Waals surface area contributed by atoms with Gasteiger partial charge in [0, 0.05) is 23.0 Å². The number of nitrogens with zero attached hydrogens (tertiary/aromatic N) is 4. The van der Waals surface area contributed by atoms with Crippen molar-refractivity contribution in [3.63, 3.8) is 0 Å². The number of ether oxygens (including phenoxy) is 1. The molecule has 0 fully saturated rings. The summed E-state index contributed by atoms with van der Waals surface area (Å²) >= 11 is 11.8. The van der Waals surface area contributed by atoms with E-state index in [2.05, 4.69) is 15.0 Å². The van der Waals surface area contributed by atoms with E-state index in [1.54, 1.807) is 7.11 Å². The van der Waals surface area contributed by atoms with E-state index in [9.17, 15) is 0 Å². The van der Waals surface area contributed by atoms with E-state index in [0.29, 0.717) is 34.4 Å². The predicted octanol–water partition coefficient (Wildman–Crippen LogP) is 3.26. The Morgan fingerprint density at radius 2 is 1.95 bits per heavy atom. The summed E-state index contributed by atoms with van der Waals surface area (Å²) in [5.74, 6) is 1.72. The van der Waals surface area contributed by atoms with Crippen LogP contribution in [0.4, 0.5) is 0 Å². The van der Waals surface area contributed by atoms with Gasteiger partial charge in [-0.1, -0.05) is 11.6 Å². The Morgan fingerprint density at radius 3 is 2.62 bits per heavy atom. The fraction of sp³-hybridized carbons (Fsp3) is 0.214. The lowest BCUT2D eigenvalue weighted by molar-refractivity contribution is 0.401. The molecule has 0 radical (unpaired) electrons. The Hall–Kier alpha value is -1.85. The van der Waals surface area contributed by atoms with Crippen LogP contribution in [0.5, 0.6) is 5.88 Å². The minimum absolute atomic E-state index is 0.448. The predicted molar refractivity (Wildman–Crippen MR) is 82.6 cm³/mol. The molecule has 0 saturated carbocycles. The Morgan fingerprint density at radius 1 is 1.19 bits per heavy atom.